The molecule has 0 unspecified atom stereocenters. The van der Waals surface area contributed by atoms with E-state index in [0.717, 1.165) is 54.3 Å². The van der Waals surface area contributed by atoms with E-state index in [4.69, 9.17) is 4.74 Å². The zero-order valence-electron chi connectivity index (χ0n) is 25.2. The van der Waals surface area contributed by atoms with E-state index in [1.165, 1.54) is 57.8 Å². The number of carbonyl (C=O) groups excluding carboxylic acids is 1. The highest BCUT2D eigenvalue weighted by Gasteiger charge is 2.59. The lowest BCUT2D eigenvalue weighted by Crippen LogP contribution is -2.51. The summed E-state index contributed by atoms with van der Waals surface area (Å²) in [7, 11) is 0. The van der Waals surface area contributed by atoms with Gasteiger partial charge in [-0.15, -0.1) is 0 Å². The van der Waals surface area contributed by atoms with E-state index in [0.29, 0.717) is 16.4 Å². The lowest BCUT2D eigenvalue weighted by molar-refractivity contribution is -0.0596. The third kappa shape index (κ3) is 5.03. The fourth-order valence-corrected chi connectivity index (χ4v) is 10.2. The van der Waals surface area contributed by atoms with Gasteiger partial charge in [0.15, 0.2) is 0 Å². The summed E-state index contributed by atoms with van der Waals surface area (Å²) in [6.07, 6.45) is 16.9. The molecule has 0 spiro atoms. The van der Waals surface area contributed by atoms with Crippen molar-refractivity contribution in [2.75, 3.05) is 0 Å². The number of fused-ring (bicyclic) bond motifs is 5. The first-order chi connectivity index (χ1) is 18.2. The molecule has 0 bridgehead atoms. The molecule has 0 amide bonds. The van der Waals surface area contributed by atoms with Crippen LogP contribution in [0.1, 0.15) is 123 Å². The first kappa shape index (κ1) is 28.0. The highest BCUT2D eigenvalue weighted by molar-refractivity contribution is 5.89. The average Bonchev–Trinajstić information content (AvgIpc) is 3.26. The van der Waals surface area contributed by atoms with Gasteiger partial charge in [0.05, 0.1) is 5.56 Å². The maximum atomic E-state index is 12.7. The van der Waals surface area contributed by atoms with Crippen LogP contribution >= 0.6 is 0 Å². The number of rotatable bonds is 8. The van der Waals surface area contributed by atoms with Crippen LogP contribution in [0.3, 0.4) is 0 Å². The molecule has 0 saturated heterocycles. The van der Waals surface area contributed by atoms with Crippen molar-refractivity contribution in [3.63, 3.8) is 0 Å². The van der Waals surface area contributed by atoms with E-state index in [-0.39, 0.29) is 12.1 Å². The Hall–Kier alpha value is -1.57. The molecule has 3 fully saturated rings. The topological polar surface area (TPSA) is 26.3 Å². The third-order valence-electron chi connectivity index (χ3n) is 12.6. The minimum Gasteiger partial charge on any atom is -0.458 e. The van der Waals surface area contributed by atoms with E-state index < -0.39 is 0 Å². The Labute approximate surface area is 233 Å². The van der Waals surface area contributed by atoms with Crippen molar-refractivity contribution in [2.45, 2.75) is 118 Å². The summed E-state index contributed by atoms with van der Waals surface area (Å²) in [6, 6.07) is 9.50. The molecule has 0 aromatic heterocycles. The largest absolute Gasteiger partial charge is 0.458 e. The van der Waals surface area contributed by atoms with Crippen LogP contribution in [0.4, 0.5) is 0 Å². The highest BCUT2D eigenvalue weighted by Crippen LogP contribution is 2.67. The molecule has 4 aliphatic carbocycles. The van der Waals surface area contributed by atoms with Crippen LogP contribution in [0.15, 0.2) is 42.0 Å². The molecule has 1 aromatic carbocycles. The summed E-state index contributed by atoms with van der Waals surface area (Å²) in [5.41, 5.74) is 3.10. The first-order valence-corrected chi connectivity index (χ1v) is 16.1. The van der Waals surface area contributed by atoms with Gasteiger partial charge in [0, 0.05) is 6.42 Å². The fraction of sp³-hybridized carbons (Fsp3) is 0.750. The van der Waals surface area contributed by atoms with Gasteiger partial charge >= 0.3 is 5.97 Å². The summed E-state index contributed by atoms with van der Waals surface area (Å²) < 4.78 is 6.02. The predicted octanol–water partition coefficient (Wildman–Crippen LogP) is 9.89. The average molecular weight is 519 g/mol. The second-order valence-corrected chi connectivity index (χ2v) is 14.6. The van der Waals surface area contributed by atoms with Crippen molar-refractivity contribution in [1.29, 1.82) is 0 Å². The van der Waals surface area contributed by atoms with Gasteiger partial charge in [-0.25, -0.2) is 4.79 Å². The van der Waals surface area contributed by atoms with Crippen LogP contribution in [0, 0.1) is 52.3 Å². The lowest BCUT2D eigenvalue weighted by atomic mass is 9.47. The van der Waals surface area contributed by atoms with Crippen LogP contribution in [0.5, 0.6) is 0 Å². The number of esters is 1. The predicted molar refractivity (Wildman–Crippen MR) is 158 cm³/mol. The van der Waals surface area contributed by atoms with Crippen LogP contribution in [-0.4, -0.2) is 12.1 Å². The van der Waals surface area contributed by atoms with Gasteiger partial charge in [-0.3, -0.25) is 0 Å². The molecule has 2 nitrogen and oxygen atoms in total. The molecule has 0 N–H and O–H groups in total. The molecule has 0 aliphatic heterocycles. The quantitative estimate of drug-likeness (QED) is 0.253. The molecule has 1 aromatic rings. The Morgan fingerprint density at radius 3 is 2.45 bits per heavy atom. The number of hydrogen-bond donors (Lipinski definition) is 0. The second kappa shape index (κ2) is 11.1. The molecule has 0 radical (unpaired) electrons. The Morgan fingerprint density at radius 1 is 0.974 bits per heavy atom. The highest BCUT2D eigenvalue weighted by atomic mass is 16.5. The summed E-state index contributed by atoms with van der Waals surface area (Å²) >= 11 is 0. The molecule has 4 aliphatic rings. The third-order valence-corrected chi connectivity index (χ3v) is 12.6. The monoisotopic (exact) mass is 518 g/mol. The summed E-state index contributed by atoms with van der Waals surface area (Å²) in [6.45, 7) is 15.1. The van der Waals surface area contributed by atoms with Crippen molar-refractivity contribution < 1.29 is 9.53 Å². The maximum absolute atomic E-state index is 12.7. The maximum Gasteiger partial charge on any atom is 0.338 e. The number of hydrogen-bond acceptors (Lipinski definition) is 2. The van der Waals surface area contributed by atoms with Crippen LogP contribution in [0.2, 0.25) is 0 Å². The van der Waals surface area contributed by atoms with Gasteiger partial charge in [0.25, 0.3) is 0 Å². The van der Waals surface area contributed by atoms with E-state index in [1.807, 2.05) is 30.3 Å². The van der Waals surface area contributed by atoms with Crippen LogP contribution in [-0.2, 0) is 4.74 Å². The minimum absolute atomic E-state index is 0.0296. The summed E-state index contributed by atoms with van der Waals surface area (Å²) in [4.78, 5) is 12.7. The Kier molecular flexibility index (Phi) is 8.19. The van der Waals surface area contributed by atoms with Gasteiger partial charge in [-0.1, -0.05) is 84.2 Å². The molecule has 9 atom stereocenters. The number of benzene rings is 1. The Balaban J connectivity index is 1.25. The number of ether oxygens (including phenoxy) is 1. The second-order valence-electron chi connectivity index (χ2n) is 14.6. The minimum atomic E-state index is -0.160. The van der Waals surface area contributed by atoms with Crippen LogP contribution < -0.4 is 0 Å². The first-order valence-electron chi connectivity index (χ1n) is 16.1. The van der Waals surface area contributed by atoms with Gasteiger partial charge in [0.2, 0.25) is 0 Å². The zero-order valence-corrected chi connectivity index (χ0v) is 25.2. The Bertz CT molecular complexity index is 994. The van der Waals surface area contributed by atoms with Gasteiger partial charge in [-0.05, 0) is 116 Å². The van der Waals surface area contributed by atoms with E-state index in [9.17, 15) is 4.79 Å². The van der Waals surface area contributed by atoms with Crippen molar-refractivity contribution in [2.24, 2.45) is 52.3 Å². The standard InChI is InChI=1S/C36H54O2/c1-7-26(24(2)3)14-13-25(4)31-17-18-32-30-16-15-28-23-29(38-34(37)27-11-9-8-10-12-27)19-21-35(28,5)33(30)20-22-36(31,32)6/h8-12,15,24-26,29-33H,7,13-14,16-23H2,1-6H3/t25-,26-,29+,30-,31+,32-,33-,35+,36-/m1/s1. The zero-order chi connectivity index (χ0) is 27.1. The van der Waals surface area contributed by atoms with Crippen molar-refractivity contribution in [3.8, 4) is 0 Å². The molecule has 5 rings (SSSR count). The molecular weight excluding hydrogens is 464 g/mol. The van der Waals surface area contributed by atoms with Crippen LogP contribution in [0.25, 0.3) is 0 Å². The summed E-state index contributed by atoms with van der Waals surface area (Å²) in [5.74, 6) is 5.86. The van der Waals surface area contributed by atoms with E-state index >= 15 is 0 Å². The molecule has 3 saturated carbocycles. The normalized spacial score (nSPS) is 38.0. The van der Waals surface area contributed by atoms with Crippen molar-refractivity contribution in [3.05, 3.63) is 47.5 Å². The fourth-order valence-electron chi connectivity index (χ4n) is 10.2. The van der Waals surface area contributed by atoms with E-state index in [1.54, 1.807) is 5.57 Å². The lowest BCUT2D eigenvalue weighted by Gasteiger charge is -2.58. The molecular formula is C36H54O2. The molecule has 38 heavy (non-hydrogen) atoms. The van der Waals surface area contributed by atoms with E-state index in [2.05, 4.69) is 47.6 Å². The van der Waals surface area contributed by atoms with Gasteiger partial charge < -0.3 is 4.74 Å². The molecule has 2 heteroatoms. The smallest absolute Gasteiger partial charge is 0.338 e. The SMILES string of the molecule is CC[C@H](CC[C@@H](C)[C@@H]1CC[C@@H]2[C@H]3CC=C4C[C@@H](OC(=O)c5ccccc5)CC[C@]4(C)[C@@H]3CC[C@@]21C)C(C)C. The Morgan fingerprint density at radius 2 is 1.74 bits per heavy atom. The molecule has 210 valence electrons. The van der Waals surface area contributed by atoms with Crippen molar-refractivity contribution >= 4 is 5.97 Å². The summed E-state index contributed by atoms with van der Waals surface area (Å²) in [5, 5.41) is 0. The van der Waals surface area contributed by atoms with Crippen molar-refractivity contribution in [1.82, 2.24) is 0 Å². The van der Waals surface area contributed by atoms with Gasteiger partial charge in [0.1, 0.15) is 6.10 Å². The number of allylic oxidation sites excluding steroid dienone is 1. The number of carbonyl (C=O) groups is 1. The van der Waals surface area contributed by atoms with Gasteiger partial charge in [-0.2, -0.15) is 0 Å². The molecule has 0 heterocycles.